The maximum Gasteiger partial charge on any atom is 0.255 e. The van der Waals surface area contributed by atoms with E-state index in [1.165, 1.54) is 12.8 Å². The van der Waals surface area contributed by atoms with Crippen molar-refractivity contribution >= 4 is 5.95 Å². The molecule has 0 N–H and O–H groups in total. The molecule has 1 atom stereocenters. The van der Waals surface area contributed by atoms with Crippen LogP contribution in [0.1, 0.15) is 39.0 Å². The van der Waals surface area contributed by atoms with Gasteiger partial charge >= 0.3 is 0 Å². The Morgan fingerprint density at radius 3 is 2.88 bits per heavy atom. The van der Waals surface area contributed by atoms with Crippen molar-refractivity contribution in [3.63, 3.8) is 0 Å². The van der Waals surface area contributed by atoms with Gasteiger partial charge in [0.25, 0.3) is 5.56 Å². The summed E-state index contributed by atoms with van der Waals surface area (Å²) in [5.41, 5.74) is 1.36. The van der Waals surface area contributed by atoms with Crippen LogP contribution in [0, 0.1) is 0 Å². The molecule has 25 heavy (non-hydrogen) atoms. The molecule has 1 aliphatic heterocycles. The summed E-state index contributed by atoms with van der Waals surface area (Å²) in [7, 11) is 0. The normalized spacial score (nSPS) is 14.8. The number of anilines is 1. The van der Waals surface area contributed by atoms with Crippen molar-refractivity contribution in [3.8, 4) is 11.4 Å². The first-order valence-corrected chi connectivity index (χ1v) is 9.17. The molecule has 132 valence electrons. The lowest BCUT2D eigenvalue weighted by Crippen LogP contribution is -2.43. The van der Waals surface area contributed by atoms with Crippen LogP contribution >= 0.6 is 0 Å². The second kappa shape index (κ2) is 8.10. The summed E-state index contributed by atoms with van der Waals surface area (Å²) in [5.74, 6) is 0.751. The first kappa shape index (κ1) is 17.4. The molecule has 0 aromatic carbocycles. The van der Waals surface area contributed by atoms with Crippen LogP contribution in [-0.2, 0) is 6.54 Å². The average Bonchev–Trinajstić information content (AvgIpc) is 2.66. The minimum atomic E-state index is -0.00766. The molecule has 0 saturated carbocycles. The minimum Gasteiger partial charge on any atom is -0.336 e. The van der Waals surface area contributed by atoms with Crippen molar-refractivity contribution < 1.29 is 0 Å². The van der Waals surface area contributed by atoms with Crippen LogP contribution in [0.5, 0.6) is 0 Å². The number of rotatable bonds is 7. The van der Waals surface area contributed by atoms with Gasteiger partial charge in [-0.15, -0.1) is 6.58 Å². The van der Waals surface area contributed by atoms with Crippen LogP contribution in [0.2, 0.25) is 0 Å². The Balaban J connectivity index is 1.97. The zero-order valence-corrected chi connectivity index (χ0v) is 14.9. The summed E-state index contributed by atoms with van der Waals surface area (Å²) in [6.45, 7) is 7.85. The topological polar surface area (TPSA) is 51.0 Å². The van der Waals surface area contributed by atoms with E-state index < -0.39 is 0 Å². The lowest BCUT2D eigenvalue weighted by molar-refractivity contribution is 0.486. The Hall–Kier alpha value is -2.43. The summed E-state index contributed by atoms with van der Waals surface area (Å²) < 4.78 is 1.78. The van der Waals surface area contributed by atoms with Crippen LogP contribution in [0.25, 0.3) is 11.4 Å². The molecule has 5 heteroatoms. The molecule has 3 rings (SSSR count). The number of unbranched alkanes of at least 4 members (excludes halogenated alkanes) is 2. The smallest absolute Gasteiger partial charge is 0.255 e. The number of hydrogen-bond donors (Lipinski definition) is 0. The molecular formula is C20H26N4O. The summed E-state index contributed by atoms with van der Waals surface area (Å²) >= 11 is 0. The van der Waals surface area contributed by atoms with Crippen molar-refractivity contribution in [2.45, 2.75) is 51.6 Å². The van der Waals surface area contributed by atoms with Gasteiger partial charge in [-0.25, -0.2) is 4.98 Å². The fourth-order valence-electron chi connectivity index (χ4n) is 3.39. The molecule has 0 aliphatic carbocycles. The molecule has 0 spiro atoms. The SMILES string of the molecule is C=CC(CCCCC)N1CCCn2c1nc(-c1ccccn1)cc2=O. The highest BCUT2D eigenvalue weighted by atomic mass is 16.1. The molecule has 5 nitrogen and oxygen atoms in total. The van der Waals surface area contributed by atoms with Gasteiger partial charge in [-0.05, 0) is 25.0 Å². The molecule has 2 aromatic heterocycles. The largest absolute Gasteiger partial charge is 0.336 e. The second-order valence-corrected chi connectivity index (χ2v) is 6.49. The molecule has 0 radical (unpaired) electrons. The van der Waals surface area contributed by atoms with E-state index in [1.54, 1.807) is 16.8 Å². The number of fused-ring (bicyclic) bond motifs is 1. The van der Waals surface area contributed by atoms with Gasteiger partial charge in [-0.3, -0.25) is 14.3 Å². The zero-order valence-electron chi connectivity index (χ0n) is 14.9. The van der Waals surface area contributed by atoms with Crippen molar-refractivity contribution in [1.82, 2.24) is 14.5 Å². The maximum absolute atomic E-state index is 12.6. The van der Waals surface area contributed by atoms with E-state index in [0.717, 1.165) is 44.0 Å². The lowest BCUT2D eigenvalue weighted by Gasteiger charge is -2.36. The highest BCUT2D eigenvalue weighted by molar-refractivity contribution is 5.56. The standard InChI is InChI=1S/C20H26N4O/c1-3-5-6-10-16(4-2)23-13-9-14-24-19(25)15-18(22-20(23)24)17-11-7-8-12-21-17/h4,7-8,11-12,15-16H,2-3,5-6,9-10,13-14H2,1H3. The van der Waals surface area contributed by atoms with Crippen LogP contribution in [0.4, 0.5) is 5.95 Å². The van der Waals surface area contributed by atoms with Crippen molar-refractivity contribution in [2.75, 3.05) is 11.4 Å². The van der Waals surface area contributed by atoms with Crippen molar-refractivity contribution in [3.05, 3.63) is 53.5 Å². The Morgan fingerprint density at radius 1 is 1.28 bits per heavy atom. The summed E-state index contributed by atoms with van der Waals surface area (Å²) in [4.78, 5) is 24.0. The lowest BCUT2D eigenvalue weighted by atomic mass is 10.1. The van der Waals surface area contributed by atoms with Gasteiger partial charge in [0, 0.05) is 31.4 Å². The molecule has 2 aromatic rings. The number of hydrogen-bond acceptors (Lipinski definition) is 4. The van der Waals surface area contributed by atoms with E-state index in [-0.39, 0.29) is 11.6 Å². The zero-order chi connectivity index (χ0) is 17.6. The molecule has 1 aliphatic rings. The fourth-order valence-corrected chi connectivity index (χ4v) is 3.39. The fraction of sp³-hybridized carbons (Fsp3) is 0.450. The van der Waals surface area contributed by atoms with Gasteiger partial charge in [0.2, 0.25) is 5.95 Å². The van der Waals surface area contributed by atoms with E-state index in [4.69, 9.17) is 4.98 Å². The van der Waals surface area contributed by atoms with E-state index >= 15 is 0 Å². The van der Waals surface area contributed by atoms with E-state index in [9.17, 15) is 4.79 Å². The summed E-state index contributed by atoms with van der Waals surface area (Å²) in [6, 6.07) is 7.47. The second-order valence-electron chi connectivity index (χ2n) is 6.49. The predicted octanol–water partition coefficient (Wildman–Crippen LogP) is 3.65. The van der Waals surface area contributed by atoms with E-state index in [1.807, 2.05) is 24.3 Å². The Labute approximate surface area is 149 Å². The third-order valence-corrected chi connectivity index (χ3v) is 4.73. The van der Waals surface area contributed by atoms with Crippen LogP contribution in [0.15, 0.2) is 47.9 Å². The molecule has 0 saturated heterocycles. The van der Waals surface area contributed by atoms with Gasteiger partial charge < -0.3 is 4.90 Å². The van der Waals surface area contributed by atoms with Crippen molar-refractivity contribution in [2.24, 2.45) is 0 Å². The molecule has 0 fully saturated rings. The third-order valence-electron chi connectivity index (χ3n) is 4.73. The van der Waals surface area contributed by atoms with Gasteiger partial charge in [0.05, 0.1) is 11.4 Å². The first-order chi connectivity index (χ1) is 12.2. The highest BCUT2D eigenvalue weighted by Gasteiger charge is 2.25. The van der Waals surface area contributed by atoms with Gasteiger partial charge in [0.1, 0.15) is 0 Å². The van der Waals surface area contributed by atoms with Crippen LogP contribution in [0.3, 0.4) is 0 Å². The Bertz CT molecular complexity index is 769. The quantitative estimate of drug-likeness (QED) is 0.571. The predicted molar refractivity (Wildman–Crippen MR) is 102 cm³/mol. The first-order valence-electron chi connectivity index (χ1n) is 9.17. The number of aromatic nitrogens is 3. The van der Waals surface area contributed by atoms with E-state index in [0.29, 0.717) is 5.69 Å². The van der Waals surface area contributed by atoms with E-state index in [2.05, 4.69) is 23.4 Å². The van der Waals surface area contributed by atoms with Crippen LogP contribution in [-0.4, -0.2) is 27.1 Å². The van der Waals surface area contributed by atoms with Gasteiger partial charge in [-0.1, -0.05) is 38.3 Å². The molecule has 0 amide bonds. The van der Waals surface area contributed by atoms with Gasteiger partial charge in [-0.2, -0.15) is 0 Å². The van der Waals surface area contributed by atoms with Gasteiger partial charge in [0.15, 0.2) is 0 Å². The minimum absolute atomic E-state index is 0.00766. The van der Waals surface area contributed by atoms with Crippen molar-refractivity contribution in [1.29, 1.82) is 0 Å². The maximum atomic E-state index is 12.6. The number of pyridine rings is 1. The third kappa shape index (κ3) is 3.81. The molecule has 3 heterocycles. The van der Waals surface area contributed by atoms with Crippen LogP contribution < -0.4 is 10.5 Å². The summed E-state index contributed by atoms with van der Waals surface area (Å²) in [6.07, 6.45) is 9.28. The summed E-state index contributed by atoms with van der Waals surface area (Å²) in [5, 5.41) is 0. The highest BCUT2D eigenvalue weighted by Crippen LogP contribution is 2.24. The Kier molecular flexibility index (Phi) is 5.64. The molecular weight excluding hydrogens is 312 g/mol. The molecule has 1 unspecified atom stereocenters. The number of nitrogens with zero attached hydrogens (tertiary/aromatic N) is 4. The monoisotopic (exact) mass is 338 g/mol. The Morgan fingerprint density at radius 2 is 2.16 bits per heavy atom. The average molecular weight is 338 g/mol. The molecule has 0 bridgehead atoms.